The van der Waals surface area contributed by atoms with E-state index in [9.17, 15) is 14.7 Å². The highest BCUT2D eigenvalue weighted by atomic mass is 35.5. The summed E-state index contributed by atoms with van der Waals surface area (Å²) in [5.41, 5.74) is 2.11. The number of nitrogens with one attached hydrogen (secondary N) is 3. The Bertz CT molecular complexity index is 1330. The fourth-order valence-electron chi connectivity index (χ4n) is 5.58. The largest absolute Gasteiger partial charge is 0.481 e. The normalized spacial score (nSPS) is 21.0. The molecule has 196 valence electrons. The van der Waals surface area contributed by atoms with Crippen LogP contribution in [0.5, 0.6) is 0 Å². The van der Waals surface area contributed by atoms with Crippen molar-refractivity contribution in [1.82, 2.24) is 30.4 Å². The molecule has 1 aliphatic carbocycles. The molecular weight excluding hydrogens is 496 g/mol. The number of carboxylic acid groups (broad SMARTS) is 1. The number of aromatic amines is 1. The Morgan fingerprint density at radius 3 is 2.51 bits per heavy atom. The number of aliphatic carboxylic acids is 1. The fraction of sp³-hybridized carbons (Fsp3) is 0.480. The third kappa shape index (κ3) is 5.11. The summed E-state index contributed by atoms with van der Waals surface area (Å²) in [7, 11) is 0. The smallest absolute Gasteiger partial charge is 0.307 e. The van der Waals surface area contributed by atoms with Crippen molar-refractivity contribution in [1.29, 1.82) is 0 Å². The van der Waals surface area contributed by atoms with E-state index in [2.05, 4.69) is 47.7 Å². The SMILES string of the molecule is Cl.O=C(O)C1CC12CCN(c1nc(Nc3ccc(CN4CCNCC4)cc3)c3c(=O)[nH]ncc3n1)CC2. The predicted molar refractivity (Wildman–Crippen MR) is 143 cm³/mol. The summed E-state index contributed by atoms with van der Waals surface area (Å²) in [5, 5.41) is 22.9. The fourth-order valence-corrected chi connectivity index (χ4v) is 5.58. The Hall–Kier alpha value is -3.28. The molecule has 1 spiro atoms. The van der Waals surface area contributed by atoms with Crippen LogP contribution in [0.1, 0.15) is 24.8 Å². The minimum absolute atomic E-state index is 0. The molecule has 1 aromatic carbocycles. The number of fused-ring (bicyclic) bond motifs is 1. The summed E-state index contributed by atoms with van der Waals surface area (Å²) < 4.78 is 0. The second kappa shape index (κ2) is 10.2. The number of aromatic nitrogens is 4. The lowest BCUT2D eigenvalue weighted by molar-refractivity contribution is -0.139. The standard InChI is InChI=1S/C25H30N8O3.ClH/c34-22-20-19(14-27-31-22)29-24(33-9-5-25(6-10-33)13-18(25)23(35)36)30-21(20)28-17-3-1-16(2-4-17)15-32-11-7-26-8-12-32;/h1-4,14,18,26H,5-13,15H2,(H,31,34)(H,35,36)(H,28,29,30);1H. The van der Waals surface area contributed by atoms with Crippen LogP contribution in [0.2, 0.25) is 0 Å². The molecule has 3 aromatic rings. The second-order valence-corrected chi connectivity index (χ2v) is 10.1. The number of carboxylic acids is 1. The maximum atomic E-state index is 12.6. The number of carbonyl (C=O) groups is 1. The Labute approximate surface area is 220 Å². The van der Waals surface area contributed by atoms with Crippen LogP contribution in [0.25, 0.3) is 10.9 Å². The van der Waals surface area contributed by atoms with Gasteiger partial charge in [-0.25, -0.2) is 10.1 Å². The lowest BCUT2D eigenvalue weighted by atomic mass is 9.91. The molecule has 11 nitrogen and oxygen atoms in total. The highest BCUT2D eigenvalue weighted by Gasteiger charge is 2.59. The molecule has 3 fully saturated rings. The van der Waals surface area contributed by atoms with Gasteiger partial charge in [0.25, 0.3) is 5.56 Å². The van der Waals surface area contributed by atoms with Crippen molar-refractivity contribution < 1.29 is 9.90 Å². The van der Waals surface area contributed by atoms with Gasteiger partial charge in [-0.05, 0) is 42.4 Å². The molecule has 2 saturated heterocycles. The highest BCUT2D eigenvalue weighted by molar-refractivity contribution is 5.90. The number of piperidine rings is 1. The van der Waals surface area contributed by atoms with E-state index in [0.717, 1.165) is 57.7 Å². The summed E-state index contributed by atoms with van der Waals surface area (Å²) in [6, 6.07) is 8.20. The minimum Gasteiger partial charge on any atom is -0.481 e. The third-order valence-electron chi connectivity index (χ3n) is 7.87. The minimum atomic E-state index is -0.693. The molecule has 0 radical (unpaired) electrons. The Morgan fingerprint density at radius 2 is 1.84 bits per heavy atom. The summed E-state index contributed by atoms with van der Waals surface area (Å²) in [4.78, 5) is 37.9. The van der Waals surface area contributed by atoms with Gasteiger partial charge in [0.05, 0.1) is 12.1 Å². The van der Waals surface area contributed by atoms with Gasteiger partial charge in [0.1, 0.15) is 16.7 Å². The highest BCUT2D eigenvalue weighted by Crippen LogP contribution is 2.59. The van der Waals surface area contributed by atoms with Crippen LogP contribution in [0.15, 0.2) is 35.3 Å². The van der Waals surface area contributed by atoms with Crippen LogP contribution in [0.4, 0.5) is 17.5 Å². The maximum absolute atomic E-state index is 12.6. The molecule has 12 heteroatoms. The number of hydrogen-bond donors (Lipinski definition) is 4. The first-order chi connectivity index (χ1) is 17.5. The number of rotatable bonds is 6. The van der Waals surface area contributed by atoms with Gasteiger partial charge < -0.3 is 20.6 Å². The lowest BCUT2D eigenvalue weighted by Crippen LogP contribution is -2.42. The van der Waals surface area contributed by atoms with E-state index in [0.29, 0.717) is 35.8 Å². The van der Waals surface area contributed by atoms with Gasteiger partial charge in [0, 0.05) is 51.5 Å². The van der Waals surface area contributed by atoms with Gasteiger partial charge in [0.2, 0.25) is 5.95 Å². The molecule has 2 aromatic heterocycles. The number of benzene rings is 1. The summed E-state index contributed by atoms with van der Waals surface area (Å²) in [6.45, 7) is 6.40. The molecule has 4 heterocycles. The Balaban J connectivity index is 0.00000280. The number of halogens is 1. The molecule has 6 rings (SSSR count). The molecule has 3 aliphatic rings. The first-order valence-electron chi connectivity index (χ1n) is 12.5. The van der Waals surface area contributed by atoms with Crippen LogP contribution < -0.4 is 21.1 Å². The zero-order chi connectivity index (χ0) is 24.7. The molecular formula is C25H31ClN8O3. The number of anilines is 3. The van der Waals surface area contributed by atoms with Gasteiger partial charge in [-0.2, -0.15) is 10.1 Å². The van der Waals surface area contributed by atoms with Crippen molar-refractivity contribution >= 4 is 46.7 Å². The summed E-state index contributed by atoms with van der Waals surface area (Å²) in [5.74, 6) is 0.0339. The van der Waals surface area contributed by atoms with Gasteiger partial charge in [-0.3, -0.25) is 14.5 Å². The first-order valence-corrected chi connectivity index (χ1v) is 12.5. The molecule has 0 amide bonds. The van der Waals surface area contributed by atoms with Crippen molar-refractivity contribution in [3.05, 3.63) is 46.4 Å². The van der Waals surface area contributed by atoms with E-state index in [1.54, 1.807) is 0 Å². The molecule has 1 saturated carbocycles. The zero-order valence-corrected chi connectivity index (χ0v) is 21.3. The van der Waals surface area contributed by atoms with Gasteiger partial charge in [0.15, 0.2) is 0 Å². The Morgan fingerprint density at radius 1 is 1.11 bits per heavy atom. The third-order valence-corrected chi connectivity index (χ3v) is 7.87. The number of H-pyrrole nitrogens is 1. The van der Waals surface area contributed by atoms with Crippen LogP contribution in [-0.4, -0.2) is 75.4 Å². The van der Waals surface area contributed by atoms with E-state index in [1.165, 1.54) is 11.8 Å². The molecule has 2 aliphatic heterocycles. The van der Waals surface area contributed by atoms with Crippen molar-refractivity contribution in [2.45, 2.75) is 25.8 Å². The average Bonchev–Trinajstić information content (AvgIpc) is 3.59. The summed E-state index contributed by atoms with van der Waals surface area (Å²) >= 11 is 0. The topological polar surface area (TPSA) is 139 Å². The molecule has 0 bridgehead atoms. The number of hydrogen-bond acceptors (Lipinski definition) is 9. The van der Waals surface area contributed by atoms with E-state index < -0.39 is 5.97 Å². The first kappa shape index (κ1) is 25.4. The van der Waals surface area contributed by atoms with Crippen LogP contribution in [-0.2, 0) is 11.3 Å². The van der Waals surface area contributed by atoms with Crippen LogP contribution >= 0.6 is 12.4 Å². The predicted octanol–water partition coefficient (Wildman–Crippen LogP) is 1.97. The second-order valence-electron chi connectivity index (χ2n) is 10.1. The summed E-state index contributed by atoms with van der Waals surface area (Å²) in [6.07, 6.45) is 3.90. The molecule has 4 N–H and O–H groups in total. The average molecular weight is 527 g/mol. The van der Waals surface area contributed by atoms with E-state index >= 15 is 0 Å². The lowest BCUT2D eigenvalue weighted by Gasteiger charge is -2.32. The van der Waals surface area contributed by atoms with Crippen molar-refractivity contribution in [2.75, 3.05) is 49.5 Å². The zero-order valence-electron chi connectivity index (χ0n) is 20.4. The van der Waals surface area contributed by atoms with Crippen molar-refractivity contribution in [3.8, 4) is 0 Å². The van der Waals surface area contributed by atoms with E-state index in [-0.39, 0.29) is 29.3 Å². The quantitative estimate of drug-likeness (QED) is 0.377. The van der Waals surface area contributed by atoms with Crippen molar-refractivity contribution in [3.63, 3.8) is 0 Å². The Kier molecular flexibility index (Phi) is 7.02. The van der Waals surface area contributed by atoms with E-state index in [1.807, 2.05) is 12.1 Å². The van der Waals surface area contributed by atoms with E-state index in [4.69, 9.17) is 4.98 Å². The molecule has 37 heavy (non-hydrogen) atoms. The number of piperazine rings is 1. The molecule has 1 atom stereocenters. The van der Waals surface area contributed by atoms with Gasteiger partial charge >= 0.3 is 5.97 Å². The van der Waals surface area contributed by atoms with Crippen LogP contribution in [0.3, 0.4) is 0 Å². The van der Waals surface area contributed by atoms with Crippen LogP contribution in [0, 0.1) is 11.3 Å². The maximum Gasteiger partial charge on any atom is 0.307 e. The number of nitrogens with zero attached hydrogens (tertiary/aromatic N) is 5. The van der Waals surface area contributed by atoms with Gasteiger partial charge in [-0.1, -0.05) is 12.1 Å². The molecule has 1 unspecified atom stereocenters. The monoisotopic (exact) mass is 526 g/mol. The van der Waals surface area contributed by atoms with Crippen molar-refractivity contribution in [2.24, 2.45) is 11.3 Å². The van der Waals surface area contributed by atoms with Gasteiger partial charge in [-0.15, -0.1) is 12.4 Å².